The lowest BCUT2D eigenvalue weighted by atomic mass is 10.1. The first-order valence-corrected chi connectivity index (χ1v) is 10.7. The first-order valence-electron chi connectivity index (χ1n) is 9.28. The quantitative estimate of drug-likeness (QED) is 0.432. The minimum absolute atomic E-state index is 0.0689. The first kappa shape index (κ1) is 21.5. The minimum Gasteiger partial charge on any atom is -0.426 e. The van der Waals surface area contributed by atoms with Crippen molar-refractivity contribution in [3.8, 4) is 5.75 Å². The summed E-state index contributed by atoms with van der Waals surface area (Å²) in [6.07, 6.45) is -0.0689. The van der Waals surface area contributed by atoms with Gasteiger partial charge in [0.1, 0.15) is 11.6 Å². The lowest BCUT2D eigenvalue weighted by molar-refractivity contribution is -0.133. The van der Waals surface area contributed by atoms with Crippen molar-refractivity contribution in [2.24, 2.45) is 0 Å². The van der Waals surface area contributed by atoms with E-state index in [9.17, 15) is 17.6 Å². The van der Waals surface area contributed by atoms with Crippen LogP contribution in [0.1, 0.15) is 16.7 Å². The maximum absolute atomic E-state index is 13.2. The van der Waals surface area contributed by atoms with Gasteiger partial charge < -0.3 is 4.74 Å². The topological polar surface area (TPSA) is 63.7 Å². The van der Waals surface area contributed by atoms with Gasteiger partial charge in [-0.05, 0) is 79.1 Å². The van der Waals surface area contributed by atoms with Crippen LogP contribution < -0.4 is 9.04 Å². The van der Waals surface area contributed by atoms with Crippen LogP contribution in [0.2, 0.25) is 0 Å². The number of hydrogen-bond donors (Lipinski definition) is 0. The highest BCUT2D eigenvalue weighted by Gasteiger charge is 2.22. The van der Waals surface area contributed by atoms with Gasteiger partial charge in [-0.3, -0.25) is 9.10 Å². The number of ether oxygens (including phenoxy) is 1. The molecule has 0 heterocycles. The highest BCUT2D eigenvalue weighted by atomic mass is 32.2. The number of benzene rings is 3. The summed E-state index contributed by atoms with van der Waals surface area (Å²) in [5.41, 5.74) is 2.85. The Morgan fingerprint density at radius 3 is 2.30 bits per heavy atom. The van der Waals surface area contributed by atoms with Crippen LogP contribution in [0.15, 0.2) is 71.6 Å². The molecule has 0 N–H and O–H groups in total. The molecule has 3 aromatic carbocycles. The van der Waals surface area contributed by atoms with Crippen molar-refractivity contribution in [3.05, 3.63) is 89.2 Å². The van der Waals surface area contributed by atoms with Crippen LogP contribution in [-0.4, -0.2) is 21.4 Å². The third-order valence-corrected chi connectivity index (χ3v) is 6.59. The second-order valence-electron chi connectivity index (χ2n) is 6.99. The zero-order valence-corrected chi connectivity index (χ0v) is 17.7. The second kappa shape index (κ2) is 8.67. The van der Waals surface area contributed by atoms with Crippen LogP contribution >= 0.6 is 0 Å². The largest absolute Gasteiger partial charge is 0.426 e. The number of anilines is 1. The fraction of sp³-hybridized carbons (Fsp3) is 0.174. The smallest absolute Gasteiger partial charge is 0.315 e. The fourth-order valence-electron chi connectivity index (χ4n) is 2.88. The Kier molecular flexibility index (Phi) is 6.22. The maximum atomic E-state index is 13.2. The molecule has 0 saturated heterocycles. The summed E-state index contributed by atoms with van der Waals surface area (Å²) in [5.74, 6) is -0.681. The van der Waals surface area contributed by atoms with E-state index in [0.29, 0.717) is 11.3 Å². The van der Waals surface area contributed by atoms with Crippen molar-refractivity contribution in [1.29, 1.82) is 0 Å². The van der Waals surface area contributed by atoms with Crippen LogP contribution in [0.3, 0.4) is 0 Å². The van der Waals surface area contributed by atoms with Crippen molar-refractivity contribution in [1.82, 2.24) is 0 Å². The number of sulfonamides is 1. The molecule has 0 saturated carbocycles. The second-order valence-corrected chi connectivity index (χ2v) is 8.96. The van der Waals surface area contributed by atoms with E-state index < -0.39 is 21.8 Å². The van der Waals surface area contributed by atoms with Gasteiger partial charge in [0.2, 0.25) is 0 Å². The standard InChI is InChI=1S/C23H22FNO4S/c1-16-7-12-22(13-17(16)2)30(27,28)25(3)20-8-10-21(11-9-20)29-23(26)15-18-5-4-6-19(24)14-18/h4-14H,15H2,1-3H3. The number of nitrogens with zero attached hydrogens (tertiary/aromatic N) is 1. The average molecular weight is 427 g/mol. The molecule has 3 rings (SSSR count). The molecule has 5 nitrogen and oxygen atoms in total. The summed E-state index contributed by atoms with van der Waals surface area (Å²) in [6.45, 7) is 3.78. The zero-order valence-electron chi connectivity index (χ0n) is 16.9. The van der Waals surface area contributed by atoms with E-state index in [-0.39, 0.29) is 17.1 Å². The molecule has 0 radical (unpaired) electrons. The monoisotopic (exact) mass is 427 g/mol. The summed E-state index contributed by atoms with van der Waals surface area (Å²) >= 11 is 0. The third kappa shape index (κ3) is 4.86. The highest BCUT2D eigenvalue weighted by molar-refractivity contribution is 7.92. The van der Waals surface area contributed by atoms with Crippen LogP contribution in [-0.2, 0) is 21.2 Å². The van der Waals surface area contributed by atoms with Crippen molar-refractivity contribution in [3.63, 3.8) is 0 Å². The average Bonchev–Trinajstić information content (AvgIpc) is 2.70. The third-order valence-electron chi connectivity index (χ3n) is 4.81. The van der Waals surface area contributed by atoms with Gasteiger partial charge in [-0.15, -0.1) is 0 Å². The van der Waals surface area contributed by atoms with Crippen molar-refractivity contribution in [2.75, 3.05) is 11.4 Å². The summed E-state index contributed by atoms with van der Waals surface area (Å²) in [4.78, 5) is 12.3. The van der Waals surface area contributed by atoms with E-state index in [1.165, 1.54) is 41.7 Å². The van der Waals surface area contributed by atoms with Gasteiger partial charge in [-0.2, -0.15) is 0 Å². The molecule has 0 aliphatic carbocycles. The maximum Gasteiger partial charge on any atom is 0.315 e. The molecule has 0 unspecified atom stereocenters. The van der Waals surface area contributed by atoms with Crippen LogP contribution in [0.5, 0.6) is 5.75 Å². The molecule has 0 amide bonds. The lowest BCUT2D eigenvalue weighted by Crippen LogP contribution is -2.26. The molecule has 3 aromatic rings. The zero-order chi connectivity index (χ0) is 21.9. The molecule has 0 spiro atoms. The van der Waals surface area contributed by atoms with E-state index in [4.69, 9.17) is 4.74 Å². The van der Waals surface area contributed by atoms with Crippen molar-refractivity contribution >= 4 is 21.7 Å². The molecule has 7 heteroatoms. The fourth-order valence-corrected chi connectivity index (χ4v) is 4.16. The van der Waals surface area contributed by atoms with E-state index in [2.05, 4.69) is 0 Å². The molecule has 0 fully saturated rings. The van der Waals surface area contributed by atoms with Gasteiger partial charge in [-0.25, -0.2) is 12.8 Å². The number of aryl methyl sites for hydroxylation is 2. The molecule has 0 aliphatic rings. The number of halogens is 1. The Morgan fingerprint density at radius 1 is 0.967 bits per heavy atom. The Balaban J connectivity index is 1.71. The number of rotatable bonds is 6. The molecule has 30 heavy (non-hydrogen) atoms. The molecule has 0 bridgehead atoms. The van der Waals surface area contributed by atoms with E-state index in [1.54, 1.807) is 36.4 Å². The van der Waals surface area contributed by atoms with Gasteiger partial charge in [0.15, 0.2) is 0 Å². The first-order chi connectivity index (χ1) is 14.2. The van der Waals surface area contributed by atoms with Crippen LogP contribution in [0, 0.1) is 19.7 Å². The van der Waals surface area contributed by atoms with Gasteiger partial charge in [-0.1, -0.05) is 18.2 Å². The normalized spacial score (nSPS) is 11.2. The van der Waals surface area contributed by atoms with Crippen LogP contribution in [0.4, 0.5) is 10.1 Å². The number of carbonyl (C=O) groups is 1. The summed E-state index contributed by atoms with van der Waals surface area (Å²) in [6, 6.07) is 16.9. The summed E-state index contributed by atoms with van der Waals surface area (Å²) in [7, 11) is -2.25. The summed E-state index contributed by atoms with van der Waals surface area (Å²) in [5, 5.41) is 0. The van der Waals surface area contributed by atoms with Crippen molar-refractivity contribution in [2.45, 2.75) is 25.2 Å². The van der Waals surface area contributed by atoms with Gasteiger partial charge in [0, 0.05) is 7.05 Å². The SMILES string of the molecule is Cc1ccc(S(=O)(=O)N(C)c2ccc(OC(=O)Cc3cccc(F)c3)cc2)cc1C. The van der Waals surface area contributed by atoms with Gasteiger partial charge in [0.25, 0.3) is 10.0 Å². The van der Waals surface area contributed by atoms with E-state index in [1.807, 2.05) is 13.8 Å². The highest BCUT2D eigenvalue weighted by Crippen LogP contribution is 2.25. The molecule has 156 valence electrons. The molecule has 0 atom stereocenters. The summed E-state index contributed by atoms with van der Waals surface area (Å²) < 4.78 is 45.5. The van der Waals surface area contributed by atoms with Crippen LogP contribution in [0.25, 0.3) is 0 Å². The van der Waals surface area contributed by atoms with Crippen molar-refractivity contribution < 1.29 is 22.3 Å². The number of carbonyl (C=O) groups excluding carboxylic acids is 1. The van der Waals surface area contributed by atoms with Gasteiger partial charge in [0.05, 0.1) is 17.0 Å². The molecular formula is C23H22FNO4S. The Morgan fingerprint density at radius 2 is 1.67 bits per heavy atom. The van der Waals surface area contributed by atoms with Gasteiger partial charge >= 0.3 is 5.97 Å². The predicted octanol–water partition coefficient (Wildman–Crippen LogP) is 4.42. The number of hydrogen-bond acceptors (Lipinski definition) is 4. The molecular weight excluding hydrogens is 405 g/mol. The number of esters is 1. The van der Waals surface area contributed by atoms with E-state index >= 15 is 0 Å². The predicted molar refractivity (Wildman–Crippen MR) is 114 cm³/mol. The lowest BCUT2D eigenvalue weighted by Gasteiger charge is -2.20. The Labute approximate surface area is 175 Å². The molecule has 0 aliphatic heterocycles. The Bertz CT molecular complexity index is 1170. The Hall–Kier alpha value is -3.19. The van der Waals surface area contributed by atoms with E-state index in [0.717, 1.165) is 11.1 Å². The molecule has 0 aromatic heterocycles. The minimum atomic E-state index is -3.72.